The largest absolute Gasteiger partial charge is 0.395 e. The van der Waals surface area contributed by atoms with Gasteiger partial charge in [-0.05, 0) is 31.2 Å². The van der Waals surface area contributed by atoms with Gasteiger partial charge >= 0.3 is 0 Å². The average Bonchev–Trinajstić information content (AvgIpc) is 2.65. The maximum absolute atomic E-state index is 13.6. The van der Waals surface area contributed by atoms with Gasteiger partial charge in [0.15, 0.2) is 0 Å². The minimum atomic E-state index is -0.462. The van der Waals surface area contributed by atoms with Gasteiger partial charge in [-0.15, -0.1) is 0 Å². The highest BCUT2D eigenvalue weighted by Crippen LogP contribution is 2.19. The molecule has 1 heterocycles. The molecule has 0 atom stereocenters. The van der Waals surface area contributed by atoms with Crippen LogP contribution in [0.2, 0.25) is 0 Å². The third-order valence-electron chi connectivity index (χ3n) is 3.44. The number of rotatable bonds is 3. The van der Waals surface area contributed by atoms with Crippen molar-refractivity contribution in [2.24, 2.45) is 0 Å². The second kappa shape index (κ2) is 6.50. The van der Waals surface area contributed by atoms with Crippen molar-refractivity contribution < 1.29 is 9.50 Å². The third-order valence-corrected chi connectivity index (χ3v) is 3.44. The van der Waals surface area contributed by atoms with Crippen LogP contribution < -0.4 is 4.90 Å². The van der Waals surface area contributed by atoms with E-state index in [1.807, 2.05) is 6.07 Å². The molecule has 0 amide bonds. The maximum atomic E-state index is 13.6. The van der Waals surface area contributed by atoms with Gasteiger partial charge in [-0.2, -0.15) is 5.26 Å². The molecule has 0 aromatic heterocycles. The molecule has 1 aromatic rings. The van der Waals surface area contributed by atoms with Gasteiger partial charge in [0, 0.05) is 31.9 Å². The molecule has 1 aliphatic heterocycles. The summed E-state index contributed by atoms with van der Waals surface area (Å²) in [5, 5.41) is 17.7. The Labute approximate surface area is 112 Å². The van der Waals surface area contributed by atoms with Crippen LogP contribution in [0.1, 0.15) is 12.0 Å². The summed E-state index contributed by atoms with van der Waals surface area (Å²) in [6.45, 7) is 4.36. The average molecular weight is 263 g/mol. The zero-order valence-electron chi connectivity index (χ0n) is 10.8. The normalized spacial score (nSPS) is 17.0. The number of β-amino-alcohol motifs (C(OH)–C–C–N with tert-alkyl or cyclic N) is 1. The van der Waals surface area contributed by atoms with Crippen LogP contribution in [0.3, 0.4) is 0 Å². The Morgan fingerprint density at radius 3 is 2.79 bits per heavy atom. The van der Waals surface area contributed by atoms with Crippen LogP contribution in [0.15, 0.2) is 18.2 Å². The zero-order chi connectivity index (χ0) is 13.7. The number of halogens is 1. The predicted octanol–water partition coefficient (Wildman–Crippen LogP) is 1.20. The van der Waals surface area contributed by atoms with Crippen LogP contribution in [0.5, 0.6) is 0 Å². The summed E-state index contributed by atoms with van der Waals surface area (Å²) < 4.78 is 13.6. The summed E-state index contributed by atoms with van der Waals surface area (Å²) in [5.41, 5.74) is 0.905. The van der Waals surface area contributed by atoms with Crippen LogP contribution >= 0.6 is 0 Å². The monoisotopic (exact) mass is 263 g/mol. The van der Waals surface area contributed by atoms with Gasteiger partial charge < -0.3 is 10.0 Å². The summed E-state index contributed by atoms with van der Waals surface area (Å²) in [4.78, 5) is 4.33. The molecule has 0 bridgehead atoms. The van der Waals surface area contributed by atoms with Crippen molar-refractivity contribution in [2.45, 2.75) is 6.42 Å². The van der Waals surface area contributed by atoms with E-state index in [4.69, 9.17) is 10.4 Å². The van der Waals surface area contributed by atoms with E-state index >= 15 is 0 Å². The summed E-state index contributed by atoms with van der Waals surface area (Å²) in [5.74, 6) is -0.462. The first kappa shape index (κ1) is 13.8. The molecule has 1 aliphatic rings. The molecule has 0 aliphatic carbocycles. The molecular weight excluding hydrogens is 245 g/mol. The van der Waals surface area contributed by atoms with Crippen molar-refractivity contribution in [2.75, 3.05) is 44.2 Å². The van der Waals surface area contributed by atoms with Gasteiger partial charge in [0.1, 0.15) is 11.9 Å². The van der Waals surface area contributed by atoms with E-state index in [1.165, 1.54) is 12.1 Å². The highest BCUT2D eigenvalue weighted by molar-refractivity contribution is 5.50. The number of aliphatic hydroxyl groups excluding tert-OH is 1. The van der Waals surface area contributed by atoms with Crippen LogP contribution in [-0.4, -0.2) is 49.3 Å². The van der Waals surface area contributed by atoms with Crippen molar-refractivity contribution in [1.82, 2.24) is 4.90 Å². The third kappa shape index (κ3) is 3.43. The molecule has 102 valence electrons. The molecule has 1 saturated heterocycles. The van der Waals surface area contributed by atoms with Crippen LogP contribution in [0.4, 0.5) is 10.1 Å². The van der Waals surface area contributed by atoms with Crippen molar-refractivity contribution in [3.05, 3.63) is 29.6 Å². The quantitative estimate of drug-likeness (QED) is 0.890. The minimum absolute atomic E-state index is 0.0838. The second-order valence-electron chi connectivity index (χ2n) is 4.68. The number of aliphatic hydroxyl groups is 1. The Morgan fingerprint density at radius 2 is 2.11 bits per heavy atom. The van der Waals surface area contributed by atoms with Crippen molar-refractivity contribution in [3.8, 4) is 6.07 Å². The fourth-order valence-corrected chi connectivity index (χ4v) is 2.39. The topological polar surface area (TPSA) is 50.5 Å². The van der Waals surface area contributed by atoms with E-state index < -0.39 is 5.82 Å². The molecule has 1 aromatic carbocycles. The number of hydrogen-bond donors (Lipinski definition) is 1. The van der Waals surface area contributed by atoms with E-state index in [-0.39, 0.29) is 12.2 Å². The highest BCUT2D eigenvalue weighted by Gasteiger charge is 2.15. The van der Waals surface area contributed by atoms with Crippen molar-refractivity contribution >= 4 is 5.69 Å². The second-order valence-corrected chi connectivity index (χ2v) is 4.68. The molecule has 0 radical (unpaired) electrons. The summed E-state index contributed by atoms with van der Waals surface area (Å²) in [6, 6.07) is 6.59. The first-order chi connectivity index (χ1) is 9.24. The summed E-state index contributed by atoms with van der Waals surface area (Å²) in [7, 11) is 0. The lowest BCUT2D eigenvalue weighted by molar-refractivity contribution is 0.204. The molecule has 4 nitrogen and oxygen atoms in total. The first-order valence-electron chi connectivity index (χ1n) is 6.52. The van der Waals surface area contributed by atoms with Gasteiger partial charge in [0.25, 0.3) is 0 Å². The van der Waals surface area contributed by atoms with Crippen LogP contribution in [0, 0.1) is 17.1 Å². The number of anilines is 1. The van der Waals surface area contributed by atoms with Crippen molar-refractivity contribution in [1.29, 1.82) is 5.26 Å². The SMILES string of the molecule is N#Cc1ccc(N2CCCN(CCO)CC2)cc1F. The van der Waals surface area contributed by atoms with Gasteiger partial charge in [0.05, 0.1) is 12.2 Å². The number of nitrogens with zero attached hydrogens (tertiary/aromatic N) is 3. The molecule has 0 saturated carbocycles. The molecule has 19 heavy (non-hydrogen) atoms. The molecule has 5 heteroatoms. The summed E-state index contributed by atoms with van der Waals surface area (Å²) >= 11 is 0. The van der Waals surface area contributed by atoms with Crippen molar-refractivity contribution in [3.63, 3.8) is 0 Å². The van der Waals surface area contributed by atoms with Crippen LogP contribution in [0.25, 0.3) is 0 Å². The molecular formula is C14H18FN3O. The lowest BCUT2D eigenvalue weighted by Crippen LogP contribution is -2.32. The van der Waals surface area contributed by atoms with E-state index in [1.54, 1.807) is 6.07 Å². The molecule has 2 rings (SSSR count). The van der Waals surface area contributed by atoms with Gasteiger partial charge in [-0.1, -0.05) is 0 Å². The Morgan fingerprint density at radius 1 is 1.26 bits per heavy atom. The number of hydrogen-bond acceptors (Lipinski definition) is 4. The Hall–Kier alpha value is -1.64. The Kier molecular flexibility index (Phi) is 4.72. The van der Waals surface area contributed by atoms with E-state index in [0.717, 1.165) is 38.3 Å². The fraction of sp³-hybridized carbons (Fsp3) is 0.500. The van der Waals surface area contributed by atoms with Gasteiger partial charge in [-0.3, -0.25) is 4.90 Å². The number of nitriles is 1. The Bertz CT molecular complexity index is 472. The number of benzene rings is 1. The first-order valence-corrected chi connectivity index (χ1v) is 6.52. The summed E-state index contributed by atoms with van der Waals surface area (Å²) in [6.07, 6.45) is 0.988. The molecule has 1 N–H and O–H groups in total. The van der Waals surface area contributed by atoms with E-state index in [0.29, 0.717) is 6.54 Å². The fourth-order valence-electron chi connectivity index (χ4n) is 2.39. The van der Waals surface area contributed by atoms with Gasteiger partial charge in [0.2, 0.25) is 0 Å². The standard InChI is InChI=1S/C14H18FN3O/c15-14-10-13(3-2-12(14)11-16)18-5-1-4-17(6-7-18)8-9-19/h2-3,10,19H,1,4-9H2. The molecule has 0 unspecified atom stereocenters. The lowest BCUT2D eigenvalue weighted by atomic mass is 10.2. The smallest absolute Gasteiger partial charge is 0.143 e. The van der Waals surface area contributed by atoms with Gasteiger partial charge in [-0.25, -0.2) is 4.39 Å². The molecule has 0 spiro atoms. The molecule has 1 fully saturated rings. The predicted molar refractivity (Wildman–Crippen MR) is 71.5 cm³/mol. The highest BCUT2D eigenvalue weighted by atomic mass is 19.1. The van der Waals surface area contributed by atoms with Crippen LogP contribution in [-0.2, 0) is 0 Å². The van der Waals surface area contributed by atoms with E-state index in [9.17, 15) is 4.39 Å². The Balaban J connectivity index is 2.06. The lowest BCUT2D eigenvalue weighted by Gasteiger charge is -2.23. The zero-order valence-corrected chi connectivity index (χ0v) is 10.8. The minimum Gasteiger partial charge on any atom is -0.395 e. The maximum Gasteiger partial charge on any atom is 0.143 e. The van der Waals surface area contributed by atoms with E-state index in [2.05, 4.69) is 9.80 Å².